The molecule has 4 heteroatoms. The molecule has 0 aliphatic carbocycles. The number of hydrogen-bond acceptors (Lipinski definition) is 2. The Morgan fingerprint density at radius 2 is 1.94 bits per heavy atom. The summed E-state index contributed by atoms with van der Waals surface area (Å²) in [7, 11) is 0. The zero-order valence-electron chi connectivity index (χ0n) is 11.2. The zero-order valence-corrected chi connectivity index (χ0v) is 13.5. The van der Waals surface area contributed by atoms with E-state index in [9.17, 15) is 0 Å². The van der Waals surface area contributed by atoms with Crippen molar-refractivity contribution in [1.29, 1.82) is 0 Å². The van der Waals surface area contributed by atoms with Crippen LogP contribution < -0.4 is 5.32 Å². The molecule has 102 valence electrons. The molecule has 1 aromatic rings. The predicted molar refractivity (Wildman–Crippen MR) is 85.1 cm³/mol. The van der Waals surface area contributed by atoms with Crippen LogP contribution in [-0.2, 0) is 0 Å². The summed E-state index contributed by atoms with van der Waals surface area (Å²) in [6, 6.07) is 6.23. The van der Waals surface area contributed by atoms with Crippen LogP contribution in [0.4, 0.5) is 0 Å². The van der Waals surface area contributed by atoms with Crippen LogP contribution in [0, 0.1) is 0 Å². The fraction of sp³-hybridized carbons (Fsp3) is 0.571. The van der Waals surface area contributed by atoms with E-state index >= 15 is 0 Å². The van der Waals surface area contributed by atoms with Gasteiger partial charge >= 0.3 is 0 Å². The maximum atomic E-state index is 6.08. The van der Waals surface area contributed by atoms with Crippen LogP contribution in [0.25, 0.3) is 0 Å². The Morgan fingerprint density at radius 3 is 2.50 bits per heavy atom. The van der Waals surface area contributed by atoms with Gasteiger partial charge in [0.05, 0.1) is 10.0 Å². The van der Waals surface area contributed by atoms with Gasteiger partial charge in [-0.2, -0.15) is 11.8 Å². The fourth-order valence-corrected chi connectivity index (χ4v) is 3.00. The summed E-state index contributed by atoms with van der Waals surface area (Å²) in [6.45, 7) is 7.56. The maximum Gasteiger partial charge on any atom is 0.0595 e. The molecule has 0 aromatic heterocycles. The molecule has 0 saturated heterocycles. The highest BCUT2D eigenvalue weighted by Crippen LogP contribution is 2.28. The van der Waals surface area contributed by atoms with Crippen molar-refractivity contribution < 1.29 is 0 Å². The second-order valence-electron chi connectivity index (χ2n) is 4.34. The highest BCUT2D eigenvalue weighted by molar-refractivity contribution is 7.99. The molecular formula is C14H21Cl2NS. The maximum absolute atomic E-state index is 6.08. The Balaban J connectivity index is 2.73. The normalized spacial score (nSPS) is 14.5. The minimum Gasteiger partial charge on any atom is -0.310 e. The summed E-state index contributed by atoms with van der Waals surface area (Å²) in [5.74, 6) is 1.06. The smallest absolute Gasteiger partial charge is 0.0595 e. The first-order valence-corrected chi connectivity index (χ1v) is 8.18. The summed E-state index contributed by atoms with van der Waals surface area (Å²) in [4.78, 5) is 0. The molecule has 1 rings (SSSR count). The van der Waals surface area contributed by atoms with Gasteiger partial charge in [0.1, 0.15) is 0 Å². The molecule has 2 unspecified atom stereocenters. The predicted octanol–water partition coefficient (Wildman–Crippen LogP) is 5.18. The lowest BCUT2D eigenvalue weighted by atomic mass is 10.1. The molecule has 0 spiro atoms. The van der Waals surface area contributed by atoms with Gasteiger partial charge in [0.25, 0.3) is 0 Å². The Kier molecular flexibility index (Phi) is 7.47. The van der Waals surface area contributed by atoms with E-state index in [1.54, 1.807) is 0 Å². The molecule has 1 aromatic carbocycles. The second-order valence-corrected chi connectivity index (χ2v) is 6.62. The van der Waals surface area contributed by atoms with Crippen molar-refractivity contribution in [2.75, 3.05) is 12.3 Å². The zero-order chi connectivity index (χ0) is 13.5. The molecule has 0 heterocycles. The van der Waals surface area contributed by atoms with Crippen molar-refractivity contribution in [3.63, 3.8) is 0 Å². The minimum absolute atomic E-state index is 0.337. The Bertz CT molecular complexity index is 371. The Morgan fingerprint density at radius 1 is 1.22 bits per heavy atom. The highest BCUT2D eigenvalue weighted by Gasteiger charge is 2.13. The van der Waals surface area contributed by atoms with E-state index in [0.29, 0.717) is 21.3 Å². The van der Waals surface area contributed by atoms with Gasteiger partial charge in [-0.25, -0.2) is 0 Å². The van der Waals surface area contributed by atoms with Gasteiger partial charge in [0, 0.05) is 17.0 Å². The molecule has 1 nitrogen and oxygen atoms in total. The first-order chi connectivity index (χ1) is 8.58. The summed E-state index contributed by atoms with van der Waals surface area (Å²) in [5, 5.41) is 5.44. The highest BCUT2D eigenvalue weighted by atomic mass is 35.5. The molecule has 18 heavy (non-hydrogen) atoms. The molecule has 0 radical (unpaired) electrons. The number of rotatable bonds is 7. The van der Waals surface area contributed by atoms with Crippen molar-refractivity contribution in [1.82, 2.24) is 5.32 Å². The molecule has 0 amide bonds. The van der Waals surface area contributed by atoms with E-state index < -0.39 is 0 Å². The van der Waals surface area contributed by atoms with Crippen LogP contribution in [0.1, 0.15) is 38.8 Å². The van der Waals surface area contributed by atoms with Crippen LogP contribution in [-0.4, -0.2) is 17.5 Å². The van der Waals surface area contributed by atoms with Crippen LogP contribution in [0.3, 0.4) is 0 Å². The van der Waals surface area contributed by atoms with E-state index in [2.05, 4.69) is 32.2 Å². The van der Waals surface area contributed by atoms with E-state index in [4.69, 9.17) is 23.2 Å². The third-order valence-electron chi connectivity index (χ3n) is 2.92. The molecule has 0 aliphatic heterocycles. The van der Waals surface area contributed by atoms with Gasteiger partial charge in [-0.05, 0) is 30.7 Å². The Labute approximate surface area is 125 Å². The number of thioether (sulfide) groups is 1. The molecule has 0 fully saturated rings. The monoisotopic (exact) mass is 305 g/mol. The average molecular weight is 306 g/mol. The van der Waals surface area contributed by atoms with Crippen molar-refractivity contribution in [2.24, 2.45) is 0 Å². The third-order valence-corrected chi connectivity index (χ3v) is 5.09. The van der Waals surface area contributed by atoms with Crippen molar-refractivity contribution in [3.05, 3.63) is 33.8 Å². The first-order valence-electron chi connectivity index (χ1n) is 6.38. The van der Waals surface area contributed by atoms with Crippen molar-refractivity contribution in [2.45, 2.75) is 38.5 Å². The summed E-state index contributed by atoms with van der Waals surface area (Å²) in [5.41, 5.74) is 1.21. The third kappa shape index (κ3) is 5.00. The lowest BCUT2D eigenvalue weighted by Gasteiger charge is -2.20. The van der Waals surface area contributed by atoms with E-state index in [-0.39, 0.29) is 0 Å². The summed E-state index contributed by atoms with van der Waals surface area (Å²) in [6.07, 6.45) is 1.20. The van der Waals surface area contributed by atoms with Gasteiger partial charge in [-0.15, -0.1) is 0 Å². The number of benzene rings is 1. The van der Waals surface area contributed by atoms with Crippen LogP contribution in [0.2, 0.25) is 10.0 Å². The van der Waals surface area contributed by atoms with Crippen molar-refractivity contribution >= 4 is 35.0 Å². The van der Waals surface area contributed by atoms with Gasteiger partial charge in [0.2, 0.25) is 0 Å². The molecule has 1 N–H and O–H groups in total. The second kappa shape index (κ2) is 8.31. The van der Waals surface area contributed by atoms with Crippen LogP contribution >= 0.6 is 35.0 Å². The summed E-state index contributed by atoms with van der Waals surface area (Å²) >= 11 is 14.0. The molecule has 0 saturated carbocycles. The van der Waals surface area contributed by atoms with E-state index in [1.165, 1.54) is 12.0 Å². The molecule has 2 atom stereocenters. The number of halogens is 2. The fourth-order valence-electron chi connectivity index (χ4n) is 1.63. The van der Waals surface area contributed by atoms with Gasteiger partial charge < -0.3 is 5.32 Å². The van der Waals surface area contributed by atoms with E-state index in [1.807, 2.05) is 23.9 Å². The standard InChI is InChI=1S/C14H21Cl2NS/c1-4-10(3)18-9-14(17-5-2)11-6-7-12(15)13(16)8-11/h6-8,10,14,17H,4-5,9H2,1-3H3. The average Bonchev–Trinajstić information content (AvgIpc) is 2.37. The van der Waals surface area contributed by atoms with Gasteiger partial charge in [-0.1, -0.05) is 50.0 Å². The minimum atomic E-state index is 0.337. The molecule has 0 aliphatic rings. The first kappa shape index (κ1) is 16.2. The Hall–Kier alpha value is 0.110. The van der Waals surface area contributed by atoms with Crippen molar-refractivity contribution in [3.8, 4) is 0 Å². The largest absolute Gasteiger partial charge is 0.310 e. The number of hydrogen-bond donors (Lipinski definition) is 1. The van der Waals surface area contributed by atoms with Gasteiger partial charge in [-0.3, -0.25) is 0 Å². The topological polar surface area (TPSA) is 12.0 Å². The van der Waals surface area contributed by atoms with Crippen LogP contribution in [0.5, 0.6) is 0 Å². The summed E-state index contributed by atoms with van der Waals surface area (Å²) < 4.78 is 0. The quantitative estimate of drug-likeness (QED) is 0.745. The lowest BCUT2D eigenvalue weighted by Crippen LogP contribution is -2.23. The van der Waals surface area contributed by atoms with Gasteiger partial charge in [0.15, 0.2) is 0 Å². The van der Waals surface area contributed by atoms with Crippen LogP contribution in [0.15, 0.2) is 18.2 Å². The number of nitrogens with one attached hydrogen (secondary N) is 1. The molecule has 0 bridgehead atoms. The van der Waals surface area contributed by atoms with E-state index in [0.717, 1.165) is 12.3 Å². The SMILES string of the molecule is CCNC(CSC(C)CC)c1ccc(Cl)c(Cl)c1. The molecular weight excluding hydrogens is 285 g/mol. The lowest BCUT2D eigenvalue weighted by molar-refractivity contribution is 0.605.